The Kier molecular flexibility index (Phi) is 7.04. The maximum absolute atomic E-state index is 14.8. The van der Waals surface area contributed by atoms with Crippen molar-refractivity contribution in [2.45, 2.75) is 11.8 Å². The minimum absolute atomic E-state index is 0.0356. The van der Waals surface area contributed by atoms with E-state index in [1.54, 1.807) is 6.92 Å². The fourth-order valence-corrected chi connectivity index (χ4v) is 5.25. The van der Waals surface area contributed by atoms with E-state index in [2.05, 4.69) is 5.32 Å². The van der Waals surface area contributed by atoms with Crippen molar-refractivity contribution < 1.29 is 36.6 Å². The van der Waals surface area contributed by atoms with Crippen LogP contribution in [0, 0.1) is 5.82 Å². The van der Waals surface area contributed by atoms with E-state index in [-0.39, 0.29) is 39.3 Å². The standard InChI is InChI=1S/C24H20ClFN2O7S/c1-3-34-24(30)14-4-7-17(8-5-14)27-23(29)15-10-18(26)22-19(11-15)28(13-35-22)36(31,32)21-12-16(25)6-9-20(21)33-2/h4-12H,3,13H2,1-2H3,(H,27,29). The number of fused-ring (bicyclic) bond motifs is 1. The Balaban J connectivity index is 1.63. The molecule has 0 bridgehead atoms. The van der Waals surface area contributed by atoms with E-state index in [1.807, 2.05) is 0 Å². The first-order valence-corrected chi connectivity index (χ1v) is 12.4. The summed E-state index contributed by atoms with van der Waals surface area (Å²) in [6.45, 7) is 1.40. The SMILES string of the molecule is CCOC(=O)c1ccc(NC(=O)c2cc(F)c3c(c2)N(S(=O)(=O)c2cc(Cl)ccc2OC)CO3)cc1. The van der Waals surface area contributed by atoms with Gasteiger partial charge in [0.1, 0.15) is 16.3 Å². The molecule has 36 heavy (non-hydrogen) atoms. The van der Waals surface area contributed by atoms with E-state index in [1.165, 1.54) is 55.6 Å². The number of rotatable bonds is 7. The Morgan fingerprint density at radius 3 is 2.50 bits per heavy atom. The molecule has 0 fully saturated rings. The highest BCUT2D eigenvalue weighted by atomic mass is 35.5. The van der Waals surface area contributed by atoms with Crippen LogP contribution in [0.15, 0.2) is 59.5 Å². The van der Waals surface area contributed by atoms with Crippen molar-refractivity contribution in [1.29, 1.82) is 0 Å². The first-order chi connectivity index (χ1) is 17.1. The summed E-state index contributed by atoms with van der Waals surface area (Å²) in [6.07, 6.45) is 0. The Labute approximate surface area is 211 Å². The molecule has 0 radical (unpaired) electrons. The van der Waals surface area contributed by atoms with E-state index in [4.69, 9.17) is 25.8 Å². The van der Waals surface area contributed by atoms with Crippen molar-refractivity contribution in [3.8, 4) is 11.5 Å². The van der Waals surface area contributed by atoms with Crippen LogP contribution in [-0.4, -0.2) is 40.7 Å². The number of carbonyl (C=O) groups excluding carboxylic acids is 2. The molecule has 0 aromatic heterocycles. The molecule has 1 amide bonds. The number of benzene rings is 3. The molecule has 1 N–H and O–H groups in total. The lowest BCUT2D eigenvalue weighted by molar-refractivity contribution is 0.0526. The van der Waals surface area contributed by atoms with E-state index in [0.717, 1.165) is 10.4 Å². The van der Waals surface area contributed by atoms with Gasteiger partial charge in [0.05, 0.1) is 19.3 Å². The summed E-state index contributed by atoms with van der Waals surface area (Å²) in [6, 6.07) is 12.1. The largest absolute Gasteiger partial charge is 0.495 e. The van der Waals surface area contributed by atoms with E-state index >= 15 is 0 Å². The summed E-state index contributed by atoms with van der Waals surface area (Å²) in [5, 5.41) is 2.74. The summed E-state index contributed by atoms with van der Waals surface area (Å²) in [5.41, 5.74) is 0.329. The lowest BCUT2D eigenvalue weighted by Crippen LogP contribution is -2.30. The minimum atomic E-state index is -4.30. The molecule has 0 atom stereocenters. The number of anilines is 2. The maximum Gasteiger partial charge on any atom is 0.338 e. The number of ether oxygens (including phenoxy) is 3. The number of sulfonamides is 1. The second-order valence-electron chi connectivity index (χ2n) is 7.48. The number of esters is 1. The molecule has 3 aromatic rings. The fraction of sp³-hybridized carbons (Fsp3) is 0.167. The lowest BCUT2D eigenvalue weighted by atomic mass is 10.1. The smallest absolute Gasteiger partial charge is 0.338 e. The highest BCUT2D eigenvalue weighted by Crippen LogP contribution is 2.42. The number of nitrogens with one attached hydrogen (secondary N) is 1. The van der Waals surface area contributed by atoms with Crippen LogP contribution in [0.25, 0.3) is 0 Å². The van der Waals surface area contributed by atoms with Gasteiger partial charge in [-0.3, -0.25) is 4.79 Å². The Morgan fingerprint density at radius 1 is 1.11 bits per heavy atom. The number of carbonyl (C=O) groups is 2. The molecule has 0 saturated carbocycles. The zero-order valence-electron chi connectivity index (χ0n) is 19.1. The second kappa shape index (κ2) is 10.0. The summed E-state index contributed by atoms with van der Waals surface area (Å²) in [5.74, 6) is -2.40. The van der Waals surface area contributed by atoms with E-state index in [0.29, 0.717) is 11.3 Å². The molecular weight excluding hydrogens is 515 g/mol. The Morgan fingerprint density at radius 2 is 1.83 bits per heavy atom. The highest BCUT2D eigenvalue weighted by molar-refractivity contribution is 7.93. The molecule has 0 spiro atoms. The molecule has 4 rings (SSSR count). The summed E-state index contributed by atoms with van der Waals surface area (Å²) >= 11 is 5.99. The van der Waals surface area contributed by atoms with Gasteiger partial charge in [-0.2, -0.15) is 0 Å². The molecule has 0 saturated heterocycles. The number of methoxy groups -OCH3 is 1. The first kappa shape index (κ1) is 25.3. The molecule has 1 aliphatic heterocycles. The molecule has 12 heteroatoms. The third-order valence-electron chi connectivity index (χ3n) is 5.23. The summed E-state index contributed by atoms with van der Waals surface area (Å²) in [7, 11) is -2.99. The summed E-state index contributed by atoms with van der Waals surface area (Å²) in [4.78, 5) is 24.4. The van der Waals surface area contributed by atoms with Crippen LogP contribution in [0.2, 0.25) is 5.02 Å². The van der Waals surface area contributed by atoms with Crippen LogP contribution < -0.4 is 19.1 Å². The Bertz CT molecular complexity index is 1450. The molecular formula is C24H20ClFN2O7S. The molecule has 1 heterocycles. The quantitative estimate of drug-likeness (QED) is 0.445. The average molecular weight is 535 g/mol. The van der Waals surface area contributed by atoms with Crippen molar-refractivity contribution >= 4 is 44.9 Å². The lowest BCUT2D eigenvalue weighted by Gasteiger charge is -2.19. The predicted octanol–water partition coefficient (Wildman–Crippen LogP) is 4.46. The van der Waals surface area contributed by atoms with Gasteiger partial charge >= 0.3 is 5.97 Å². The Hall–Kier alpha value is -3.83. The van der Waals surface area contributed by atoms with Gasteiger partial charge in [0.2, 0.25) is 0 Å². The van der Waals surface area contributed by atoms with Crippen LogP contribution in [-0.2, 0) is 14.8 Å². The van der Waals surface area contributed by atoms with Crippen LogP contribution >= 0.6 is 11.6 Å². The van der Waals surface area contributed by atoms with Gasteiger partial charge in [-0.15, -0.1) is 0 Å². The summed E-state index contributed by atoms with van der Waals surface area (Å²) < 4.78 is 57.8. The number of amides is 1. The second-order valence-corrected chi connectivity index (χ2v) is 9.75. The number of hydrogen-bond acceptors (Lipinski definition) is 7. The van der Waals surface area contributed by atoms with Gasteiger partial charge in [-0.1, -0.05) is 11.6 Å². The molecule has 0 aliphatic carbocycles. The average Bonchev–Trinajstić information content (AvgIpc) is 3.30. The maximum atomic E-state index is 14.8. The van der Waals surface area contributed by atoms with E-state index < -0.39 is 34.4 Å². The van der Waals surface area contributed by atoms with Crippen LogP contribution in [0.3, 0.4) is 0 Å². The van der Waals surface area contributed by atoms with Crippen LogP contribution in [0.1, 0.15) is 27.6 Å². The zero-order chi connectivity index (χ0) is 26.0. The molecule has 3 aromatic carbocycles. The van der Waals surface area contributed by atoms with Crippen molar-refractivity contribution in [3.05, 3.63) is 76.6 Å². The van der Waals surface area contributed by atoms with Crippen LogP contribution in [0.5, 0.6) is 11.5 Å². The molecule has 1 aliphatic rings. The minimum Gasteiger partial charge on any atom is -0.495 e. The fourth-order valence-electron chi connectivity index (χ4n) is 3.51. The van der Waals surface area contributed by atoms with Gasteiger partial charge in [-0.05, 0) is 61.5 Å². The van der Waals surface area contributed by atoms with Crippen molar-refractivity contribution in [3.63, 3.8) is 0 Å². The van der Waals surface area contributed by atoms with Crippen LogP contribution in [0.4, 0.5) is 15.8 Å². The molecule has 188 valence electrons. The van der Waals surface area contributed by atoms with Gasteiger partial charge < -0.3 is 19.5 Å². The van der Waals surface area contributed by atoms with Gasteiger partial charge in [0.25, 0.3) is 15.9 Å². The van der Waals surface area contributed by atoms with Gasteiger partial charge in [0.15, 0.2) is 18.3 Å². The zero-order valence-corrected chi connectivity index (χ0v) is 20.7. The molecule has 0 unspecified atom stereocenters. The first-order valence-electron chi connectivity index (χ1n) is 10.6. The molecule has 9 nitrogen and oxygen atoms in total. The van der Waals surface area contributed by atoms with Crippen molar-refractivity contribution in [1.82, 2.24) is 0 Å². The van der Waals surface area contributed by atoms with E-state index in [9.17, 15) is 22.4 Å². The third kappa shape index (κ3) is 4.79. The van der Waals surface area contributed by atoms with Gasteiger partial charge in [-0.25, -0.2) is 21.9 Å². The number of nitrogens with zero attached hydrogens (tertiary/aromatic N) is 1. The van der Waals surface area contributed by atoms with Crippen molar-refractivity contribution in [2.24, 2.45) is 0 Å². The number of halogens is 2. The third-order valence-corrected chi connectivity index (χ3v) is 7.22. The van der Waals surface area contributed by atoms with Gasteiger partial charge in [0, 0.05) is 16.3 Å². The number of hydrogen-bond donors (Lipinski definition) is 1. The topological polar surface area (TPSA) is 111 Å². The monoisotopic (exact) mass is 534 g/mol. The highest BCUT2D eigenvalue weighted by Gasteiger charge is 2.37. The van der Waals surface area contributed by atoms with Crippen molar-refractivity contribution in [2.75, 3.05) is 30.1 Å². The normalized spacial score (nSPS) is 12.5. The predicted molar refractivity (Wildman–Crippen MR) is 130 cm³/mol.